The molecule has 0 aliphatic rings. The third kappa shape index (κ3) is 5.41. The molecule has 100 valence electrons. The Morgan fingerprint density at radius 1 is 1.17 bits per heavy atom. The van der Waals surface area contributed by atoms with Gasteiger partial charge in [-0.2, -0.15) is 0 Å². The number of nitrogens with two attached hydrogens (primary N) is 1. The SMILES string of the molecule is C=CCCCCCC(N)Cc1ccc(F)c(F)c1. The van der Waals surface area contributed by atoms with Crippen LogP contribution in [-0.4, -0.2) is 6.04 Å². The zero-order valence-electron chi connectivity index (χ0n) is 10.7. The highest BCUT2D eigenvalue weighted by atomic mass is 19.2. The Balaban J connectivity index is 2.28. The van der Waals surface area contributed by atoms with Crippen LogP contribution in [0.4, 0.5) is 8.78 Å². The van der Waals surface area contributed by atoms with Crippen LogP contribution in [0.25, 0.3) is 0 Å². The third-order valence-corrected chi connectivity index (χ3v) is 2.97. The van der Waals surface area contributed by atoms with Crippen LogP contribution in [0.15, 0.2) is 30.9 Å². The van der Waals surface area contributed by atoms with Crippen molar-refractivity contribution in [3.63, 3.8) is 0 Å². The molecule has 0 bridgehead atoms. The standard InChI is InChI=1S/C15H21F2N/c1-2-3-4-5-6-7-13(18)10-12-8-9-14(16)15(17)11-12/h2,8-9,11,13H,1,3-7,10,18H2. The lowest BCUT2D eigenvalue weighted by Gasteiger charge is -2.11. The monoisotopic (exact) mass is 253 g/mol. The van der Waals surface area contributed by atoms with Crippen LogP contribution in [0.5, 0.6) is 0 Å². The summed E-state index contributed by atoms with van der Waals surface area (Å²) < 4.78 is 25.7. The van der Waals surface area contributed by atoms with Crippen molar-refractivity contribution < 1.29 is 8.78 Å². The largest absolute Gasteiger partial charge is 0.327 e. The van der Waals surface area contributed by atoms with Crippen LogP contribution in [0.3, 0.4) is 0 Å². The predicted octanol–water partition coefficient (Wildman–Crippen LogP) is 3.97. The Hall–Kier alpha value is -1.22. The van der Waals surface area contributed by atoms with Gasteiger partial charge < -0.3 is 5.73 Å². The molecule has 0 aliphatic heterocycles. The van der Waals surface area contributed by atoms with Gasteiger partial charge in [-0.05, 0) is 43.4 Å². The van der Waals surface area contributed by atoms with E-state index in [1.807, 2.05) is 6.08 Å². The van der Waals surface area contributed by atoms with E-state index in [9.17, 15) is 8.78 Å². The van der Waals surface area contributed by atoms with Gasteiger partial charge in [0.25, 0.3) is 0 Å². The zero-order valence-corrected chi connectivity index (χ0v) is 10.7. The van der Waals surface area contributed by atoms with Gasteiger partial charge in [0.2, 0.25) is 0 Å². The predicted molar refractivity (Wildman–Crippen MR) is 71.3 cm³/mol. The van der Waals surface area contributed by atoms with E-state index < -0.39 is 11.6 Å². The fraction of sp³-hybridized carbons (Fsp3) is 0.467. The van der Waals surface area contributed by atoms with Crippen molar-refractivity contribution >= 4 is 0 Å². The molecule has 3 heteroatoms. The van der Waals surface area contributed by atoms with Crippen molar-refractivity contribution in [1.82, 2.24) is 0 Å². The number of halogens is 2. The summed E-state index contributed by atoms with van der Waals surface area (Å²) in [7, 11) is 0. The van der Waals surface area contributed by atoms with E-state index in [0.29, 0.717) is 6.42 Å². The molecule has 0 saturated carbocycles. The molecule has 1 atom stereocenters. The maximum absolute atomic E-state index is 13.0. The molecular formula is C15H21F2N. The van der Waals surface area contributed by atoms with E-state index in [1.54, 1.807) is 6.07 Å². The van der Waals surface area contributed by atoms with Crippen LogP contribution >= 0.6 is 0 Å². The summed E-state index contributed by atoms with van der Waals surface area (Å²) in [6.07, 6.45) is 7.81. The average molecular weight is 253 g/mol. The third-order valence-electron chi connectivity index (χ3n) is 2.97. The van der Waals surface area contributed by atoms with Crippen LogP contribution in [-0.2, 0) is 6.42 Å². The van der Waals surface area contributed by atoms with Crippen LogP contribution in [0.1, 0.15) is 37.7 Å². The summed E-state index contributed by atoms with van der Waals surface area (Å²) in [4.78, 5) is 0. The molecule has 0 aliphatic carbocycles. The molecule has 1 aromatic rings. The molecular weight excluding hydrogens is 232 g/mol. The van der Waals surface area contributed by atoms with E-state index >= 15 is 0 Å². The molecule has 2 N–H and O–H groups in total. The first-order valence-corrected chi connectivity index (χ1v) is 6.44. The summed E-state index contributed by atoms with van der Waals surface area (Å²) >= 11 is 0. The smallest absolute Gasteiger partial charge is 0.159 e. The number of unbranched alkanes of at least 4 members (excludes halogenated alkanes) is 3. The quantitative estimate of drug-likeness (QED) is 0.550. The second-order valence-electron chi connectivity index (χ2n) is 4.64. The molecule has 1 aromatic carbocycles. The molecule has 1 rings (SSSR count). The van der Waals surface area contributed by atoms with Crippen molar-refractivity contribution in [2.75, 3.05) is 0 Å². The number of hydrogen-bond acceptors (Lipinski definition) is 1. The van der Waals surface area contributed by atoms with E-state index in [0.717, 1.165) is 43.7 Å². The van der Waals surface area contributed by atoms with Crippen LogP contribution in [0, 0.1) is 11.6 Å². The van der Waals surface area contributed by atoms with Gasteiger partial charge in [-0.1, -0.05) is 25.0 Å². The second kappa shape index (κ2) is 7.98. The average Bonchev–Trinajstić information content (AvgIpc) is 2.34. The normalized spacial score (nSPS) is 12.4. The lowest BCUT2D eigenvalue weighted by Crippen LogP contribution is -2.22. The molecule has 1 unspecified atom stereocenters. The number of benzene rings is 1. The minimum atomic E-state index is -0.809. The van der Waals surface area contributed by atoms with Gasteiger partial charge >= 0.3 is 0 Å². The summed E-state index contributed by atoms with van der Waals surface area (Å²) in [5, 5.41) is 0. The Morgan fingerprint density at radius 3 is 2.61 bits per heavy atom. The molecule has 0 amide bonds. The zero-order chi connectivity index (χ0) is 13.4. The van der Waals surface area contributed by atoms with Crippen molar-refractivity contribution in [1.29, 1.82) is 0 Å². The van der Waals surface area contributed by atoms with Gasteiger partial charge in [0.05, 0.1) is 0 Å². The lowest BCUT2D eigenvalue weighted by atomic mass is 10.0. The molecule has 0 fully saturated rings. The molecule has 1 nitrogen and oxygen atoms in total. The highest BCUT2D eigenvalue weighted by Crippen LogP contribution is 2.12. The van der Waals surface area contributed by atoms with E-state index in [-0.39, 0.29) is 6.04 Å². The first-order valence-electron chi connectivity index (χ1n) is 6.44. The van der Waals surface area contributed by atoms with Crippen molar-refractivity contribution in [3.05, 3.63) is 48.1 Å². The highest BCUT2D eigenvalue weighted by Gasteiger charge is 2.07. The minimum absolute atomic E-state index is 0.0126. The molecule has 0 aromatic heterocycles. The van der Waals surface area contributed by atoms with Gasteiger partial charge in [0.1, 0.15) is 0 Å². The second-order valence-corrected chi connectivity index (χ2v) is 4.64. The van der Waals surface area contributed by atoms with Crippen molar-refractivity contribution in [3.8, 4) is 0 Å². The van der Waals surface area contributed by atoms with E-state index in [4.69, 9.17) is 5.73 Å². The molecule has 0 heterocycles. The van der Waals surface area contributed by atoms with Crippen LogP contribution < -0.4 is 5.73 Å². The minimum Gasteiger partial charge on any atom is -0.327 e. The first kappa shape index (κ1) is 14.8. The Kier molecular flexibility index (Phi) is 6.58. The molecule has 0 spiro atoms. The van der Waals surface area contributed by atoms with E-state index in [2.05, 4.69) is 6.58 Å². The van der Waals surface area contributed by atoms with E-state index in [1.165, 1.54) is 6.07 Å². The maximum Gasteiger partial charge on any atom is 0.159 e. The molecule has 0 radical (unpaired) electrons. The summed E-state index contributed by atoms with van der Waals surface area (Å²) in [5.41, 5.74) is 6.73. The fourth-order valence-electron chi connectivity index (χ4n) is 1.94. The Morgan fingerprint density at radius 2 is 1.94 bits per heavy atom. The highest BCUT2D eigenvalue weighted by molar-refractivity contribution is 5.18. The van der Waals surface area contributed by atoms with Crippen LogP contribution in [0.2, 0.25) is 0 Å². The topological polar surface area (TPSA) is 26.0 Å². The lowest BCUT2D eigenvalue weighted by molar-refractivity contribution is 0.503. The van der Waals surface area contributed by atoms with Crippen molar-refractivity contribution in [2.24, 2.45) is 5.73 Å². The van der Waals surface area contributed by atoms with Gasteiger partial charge in [-0.25, -0.2) is 8.78 Å². The summed E-state index contributed by atoms with van der Waals surface area (Å²) in [6, 6.07) is 3.99. The Labute approximate surface area is 108 Å². The van der Waals surface area contributed by atoms with Gasteiger partial charge in [0.15, 0.2) is 11.6 Å². The van der Waals surface area contributed by atoms with Gasteiger partial charge in [-0.15, -0.1) is 6.58 Å². The molecule has 18 heavy (non-hydrogen) atoms. The Bertz CT molecular complexity index is 377. The maximum atomic E-state index is 13.0. The molecule has 0 saturated heterocycles. The van der Waals surface area contributed by atoms with Crippen molar-refractivity contribution in [2.45, 2.75) is 44.6 Å². The fourth-order valence-corrected chi connectivity index (χ4v) is 1.94. The van der Waals surface area contributed by atoms with Gasteiger partial charge in [-0.3, -0.25) is 0 Å². The summed E-state index contributed by atoms with van der Waals surface area (Å²) in [6.45, 7) is 3.67. The number of allylic oxidation sites excluding steroid dienone is 1. The van der Waals surface area contributed by atoms with Gasteiger partial charge in [0, 0.05) is 6.04 Å². The summed E-state index contributed by atoms with van der Waals surface area (Å²) in [5.74, 6) is -1.61. The number of rotatable bonds is 8. The number of hydrogen-bond donors (Lipinski definition) is 1. The first-order chi connectivity index (χ1) is 8.63.